The molecule has 8 atom stereocenters. The lowest BCUT2D eigenvalue weighted by atomic mass is 9.69. The fourth-order valence-electron chi connectivity index (χ4n) is 7.31. The van der Waals surface area contributed by atoms with Gasteiger partial charge < -0.3 is 15.0 Å². The summed E-state index contributed by atoms with van der Waals surface area (Å²) >= 11 is 0. The van der Waals surface area contributed by atoms with Crippen LogP contribution in [0.2, 0.25) is 0 Å². The van der Waals surface area contributed by atoms with E-state index in [2.05, 4.69) is 16.4 Å². The number of rotatable bonds is 0. The summed E-state index contributed by atoms with van der Waals surface area (Å²) in [6.07, 6.45) is 18.9. The smallest absolute Gasteiger partial charge is 0.0786 e. The van der Waals surface area contributed by atoms with Crippen molar-refractivity contribution in [3.8, 4) is 0 Å². The Morgan fingerprint density at radius 1 is 0.875 bits per heavy atom. The summed E-state index contributed by atoms with van der Waals surface area (Å²) in [4.78, 5) is 2.87. The van der Waals surface area contributed by atoms with Crippen LogP contribution >= 0.6 is 0 Å². The number of hydrogen-bond donors (Lipinski definition) is 1. The molecule has 3 heterocycles. The Labute approximate surface area is 146 Å². The van der Waals surface area contributed by atoms with E-state index in [1.807, 2.05) is 0 Å². The zero-order valence-electron chi connectivity index (χ0n) is 14.8. The van der Waals surface area contributed by atoms with Gasteiger partial charge in [0.2, 0.25) is 0 Å². The number of morpholine rings is 1. The van der Waals surface area contributed by atoms with Crippen molar-refractivity contribution in [3.63, 3.8) is 0 Å². The number of ether oxygens (including phenoxy) is 1. The van der Waals surface area contributed by atoms with Crippen molar-refractivity contribution < 1.29 is 4.74 Å². The third-order valence-corrected chi connectivity index (χ3v) is 8.26. The summed E-state index contributed by atoms with van der Waals surface area (Å²) in [5, 5.41) is 4.10. The standard InChI is InChI=1S/C21H32N2O/c1-2-8-16-13(6-1)15-12-23-17-9-3-4-10-18(17)24-19-11-5-7-14(21(19)23)20(15)22-16/h12-14,16-22H,1-11H2. The Morgan fingerprint density at radius 2 is 1.71 bits per heavy atom. The minimum Gasteiger partial charge on any atom is -0.371 e. The quantitative estimate of drug-likeness (QED) is 0.735. The Kier molecular flexibility index (Phi) is 3.33. The first-order valence-electron chi connectivity index (χ1n) is 10.8. The zero-order valence-corrected chi connectivity index (χ0v) is 14.8. The van der Waals surface area contributed by atoms with Crippen molar-refractivity contribution in [1.82, 2.24) is 10.2 Å². The van der Waals surface area contributed by atoms with Crippen molar-refractivity contribution in [3.05, 3.63) is 11.8 Å². The Hall–Kier alpha value is -0.540. The summed E-state index contributed by atoms with van der Waals surface area (Å²) in [6.45, 7) is 0. The first kappa shape index (κ1) is 14.6. The molecule has 0 amide bonds. The molecule has 24 heavy (non-hydrogen) atoms. The van der Waals surface area contributed by atoms with E-state index in [9.17, 15) is 0 Å². The molecule has 132 valence electrons. The fourth-order valence-corrected chi connectivity index (χ4v) is 7.31. The second-order valence-corrected chi connectivity index (χ2v) is 9.37. The maximum atomic E-state index is 6.70. The van der Waals surface area contributed by atoms with Crippen molar-refractivity contribution >= 4 is 0 Å². The molecule has 2 saturated heterocycles. The highest BCUT2D eigenvalue weighted by atomic mass is 16.5. The molecule has 0 bridgehead atoms. The monoisotopic (exact) mass is 328 g/mol. The molecule has 0 spiro atoms. The number of nitrogens with zero attached hydrogens (tertiary/aromatic N) is 1. The van der Waals surface area contributed by atoms with Gasteiger partial charge in [0.05, 0.1) is 24.3 Å². The molecule has 0 aromatic rings. The molecule has 5 fully saturated rings. The van der Waals surface area contributed by atoms with Crippen LogP contribution in [0.5, 0.6) is 0 Å². The van der Waals surface area contributed by atoms with Gasteiger partial charge in [0, 0.05) is 24.2 Å². The van der Waals surface area contributed by atoms with Crippen LogP contribution in [0.1, 0.15) is 70.6 Å². The second-order valence-electron chi connectivity index (χ2n) is 9.37. The molecule has 1 N–H and O–H groups in total. The topological polar surface area (TPSA) is 24.5 Å². The number of nitrogens with one attached hydrogen (secondary N) is 1. The van der Waals surface area contributed by atoms with Crippen LogP contribution < -0.4 is 5.32 Å². The van der Waals surface area contributed by atoms with Crippen molar-refractivity contribution in [1.29, 1.82) is 0 Å². The van der Waals surface area contributed by atoms with Gasteiger partial charge in [0.15, 0.2) is 0 Å². The molecule has 3 aliphatic heterocycles. The Morgan fingerprint density at radius 3 is 2.71 bits per heavy atom. The summed E-state index contributed by atoms with van der Waals surface area (Å²) in [6, 6.07) is 2.79. The molecule has 3 nitrogen and oxygen atoms in total. The van der Waals surface area contributed by atoms with E-state index in [0.717, 1.165) is 17.9 Å². The van der Waals surface area contributed by atoms with Crippen LogP contribution in [0.3, 0.4) is 0 Å². The molecule has 3 heteroatoms. The molecule has 0 aromatic carbocycles. The van der Waals surface area contributed by atoms with Crippen LogP contribution in [0.25, 0.3) is 0 Å². The van der Waals surface area contributed by atoms with E-state index in [-0.39, 0.29) is 0 Å². The highest BCUT2D eigenvalue weighted by molar-refractivity contribution is 5.30. The molecular formula is C21H32N2O. The molecule has 8 unspecified atom stereocenters. The van der Waals surface area contributed by atoms with E-state index < -0.39 is 0 Å². The first-order valence-corrected chi connectivity index (χ1v) is 10.8. The van der Waals surface area contributed by atoms with Crippen LogP contribution in [-0.2, 0) is 4.74 Å². The largest absolute Gasteiger partial charge is 0.371 e. The van der Waals surface area contributed by atoms with Crippen LogP contribution in [0, 0.1) is 11.8 Å². The maximum absolute atomic E-state index is 6.70. The molecule has 3 saturated carbocycles. The SMILES string of the molecule is C1=C2C3CCCCC3NC2C2CCCC3OC4CCCCC4N1C32. The lowest BCUT2D eigenvalue weighted by molar-refractivity contribution is -0.179. The Balaban J connectivity index is 1.41. The van der Waals surface area contributed by atoms with E-state index in [4.69, 9.17) is 4.74 Å². The van der Waals surface area contributed by atoms with Gasteiger partial charge in [-0.15, -0.1) is 0 Å². The molecule has 0 aromatic heterocycles. The minimum atomic E-state index is 0.505. The molecule has 0 radical (unpaired) electrons. The van der Waals surface area contributed by atoms with Crippen molar-refractivity contribution in [2.45, 2.75) is 107 Å². The van der Waals surface area contributed by atoms with Gasteiger partial charge in [-0.1, -0.05) is 32.1 Å². The summed E-state index contributed by atoms with van der Waals surface area (Å²) in [5.74, 6) is 1.65. The molecule has 6 aliphatic rings. The van der Waals surface area contributed by atoms with Crippen molar-refractivity contribution in [2.24, 2.45) is 11.8 Å². The van der Waals surface area contributed by atoms with Gasteiger partial charge in [0.25, 0.3) is 0 Å². The summed E-state index contributed by atoms with van der Waals surface area (Å²) < 4.78 is 6.70. The second kappa shape index (κ2) is 5.48. The predicted octanol–water partition coefficient (Wildman–Crippen LogP) is 3.60. The highest BCUT2D eigenvalue weighted by Crippen LogP contribution is 2.50. The van der Waals surface area contributed by atoms with Crippen molar-refractivity contribution in [2.75, 3.05) is 0 Å². The van der Waals surface area contributed by atoms with Crippen LogP contribution in [-0.4, -0.2) is 41.3 Å². The zero-order chi connectivity index (χ0) is 15.7. The highest BCUT2D eigenvalue weighted by Gasteiger charge is 2.55. The summed E-state index contributed by atoms with van der Waals surface area (Å²) in [5.41, 5.74) is 1.80. The van der Waals surface area contributed by atoms with E-state index in [1.165, 1.54) is 70.6 Å². The number of hydrogen-bond acceptors (Lipinski definition) is 3. The molecule has 6 rings (SSSR count). The van der Waals surface area contributed by atoms with Crippen LogP contribution in [0.15, 0.2) is 11.8 Å². The van der Waals surface area contributed by atoms with Gasteiger partial charge in [-0.3, -0.25) is 0 Å². The molecule has 3 aliphatic carbocycles. The third-order valence-electron chi connectivity index (χ3n) is 8.26. The number of fused-ring (bicyclic) bond motifs is 6. The maximum Gasteiger partial charge on any atom is 0.0786 e. The normalized spacial score (nSPS) is 52.7. The van der Waals surface area contributed by atoms with Gasteiger partial charge in [0.1, 0.15) is 0 Å². The third kappa shape index (κ3) is 1.97. The molecular weight excluding hydrogens is 296 g/mol. The van der Waals surface area contributed by atoms with E-state index in [0.29, 0.717) is 30.3 Å². The first-order chi connectivity index (χ1) is 11.9. The predicted molar refractivity (Wildman–Crippen MR) is 94.6 cm³/mol. The fraction of sp³-hybridized carbons (Fsp3) is 0.905. The Bertz CT molecular complexity index is 546. The van der Waals surface area contributed by atoms with Gasteiger partial charge in [-0.2, -0.15) is 0 Å². The lowest BCUT2D eigenvalue weighted by Crippen LogP contribution is -2.66. The minimum absolute atomic E-state index is 0.505. The lowest BCUT2D eigenvalue weighted by Gasteiger charge is -2.59. The average molecular weight is 329 g/mol. The van der Waals surface area contributed by atoms with Gasteiger partial charge >= 0.3 is 0 Å². The average Bonchev–Trinajstić information content (AvgIpc) is 3.01. The van der Waals surface area contributed by atoms with Crippen LogP contribution in [0.4, 0.5) is 0 Å². The van der Waals surface area contributed by atoms with Gasteiger partial charge in [-0.25, -0.2) is 0 Å². The van der Waals surface area contributed by atoms with E-state index in [1.54, 1.807) is 5.57 Å². The van der Waals surface area contributed by atoms with E-state index >= 15 is 0 Å². The van der Waals surface area contributed by atoms with Gasteiger partial charge in [-0.05, 0) is 50.0 Å². The summed E-state index contributed by atoms with van der Waals surface area (Å²) in [7, 11) is 0.